The molecule has 0 spiro atoms. The minimum absolute atomic E-state index is 0.194. The lowest BCUT2D eigenvalue weighted by Crippen LogP contribution is -2.40. The Kier molecular flexibility index (Phi) is 9.61. The van der Waals surface area contributed by atoms with Crippen molar-refractivity contribution in [3.63, 3.8) is 0 Å². The number of benzene rings is 10. The third-order valence-corrected chi connectivity index (χ3v) is 14.7. The van der Waals surface area contributed by atoms with Gasteiger partial charge in [0.2, 0.25) is 0 Å². The van der Waals surface area contributed by atoms with Crippen molar-refractivity contribution in [2.75, 3.05) is 4.90 Å². The predicted molar refractivity (Wildman–Crippen MR) is 284 cm³/mol. The van der Waals surface area contributed by atoms with Crippen LogP contribution in [0.5, 0.6) is 0 Å². The Hall–Kier alpha value is -8.52. The molecule has 0 amide bonds. The van der Waals surface area contributed by atoms with Gasteiger partial charge in [0.1, 0.15) is 0 Å². The van der Waals surface area contributed by atoms with Gasteiger partial charge in [0.05, 0.1) is 11.1 Å². The molecule has 1 nitrogen and oxygen atoms in total. The molecule has 0 heterocycles. The van der Waals surface area contributed by atoms with Crippen molar-refractivity contribution in [3.8, 4) is 22.3 Å². The molecule has 0 saturated heterocycles. The van der Waals surface area contributed by atoms with Crippen LogP contribution < -0.4 is 15.3 Å². The molecule has 0 radical (unpaired) electrons. The topological polar surface area (TPSA) is 3.24 Å². The summed E-state index contributed by atoms with van der Waals surface area (Å²) in [7, 11) is 0. The van der Waals surface area contributed by atoms with Crippen LogP contribution in [0.3, 0.4) is 0 Å². The summed E-state index contributed by atoms with van der Waals surface area (Å²) in [5.74, 6) is 0.416. The maximum absolute atomic E-state index is 2.51. The Balaban J connectivity index is 1.07. The second kappa shape index (κ2) is 16.4. The molecule has 3 aliphatic carbocycles. The van der Waals surface area contributed by atoms with Gasteiger partial charge in [0.25, 0.3) is 0 Å². The summed E-state index contributed by atoms with van der Waals surface area (Å²) < 4.78 is 0. The first-order valence-electron chi connectivity index (χ1n) is 23.8. The fourth-order valence-corrected chi connectivity index (χ4v) is 11.9. The van der Waals surface area contributed by atoms with E-state index in [0.717, 1.165) is 17.1 Å². The summed E-state index contributed by atoms with van der Waals surface area (Å²) in [6.07, 6.45) is 9.27. The molecule has 10 aromatic carbocycles. The van der Waals surface area contributed by atoms with E-state index >= 15 is 0 Å². The third kappa shape index (κ3) is 6.24. The predicted octanol–water partition coefficient (Wildman–Crippen LogP) is 15.1. The summed E-state index contributed by atoms with van der Waals surface area (Å²) in [4.78, 5) is 2.51. The van der Waals surface area contributed by atoms with Crippen molar-refractivity contribution >= 4 is 39.0 Å². The van der Waals surface area contributed by atoms with Gasteiger partial charge >= 0.3 is 0 Å². The lowest BCUT2D eigenvalue weighted by molar-refractivity contribution is 0.686. The molecular weight excluding hydrogens is 819 g/mol. The molecule has 2 atom stereocenters. The standard InChI is InChI=1S/C67H47N/c1-5-22-47(23-6-1)64-57-32-15-17-34-59(57)65(60-35-18-16-33-58(60)64)49-37-40-52(41-38-49)68(63-44-39-46-21-13-14-30-54(46)66(63)48-24-7-2-8-25-48)53-42-43-56-55-31-19-20-36-61(55)67(62(56)45-53,50-26-9-3-10-27-50)51-28-11-4-12-29-51/h1-45,57,59H. The molecule has 0 saturated carbocycles. The average Bonchev–Trinajstić information content (AvgIpc) is 3.71. The van der Waals surface area contributed by atoms with E-state index < -0.39 is 5.41 Å². The number of allylic oxidation sites excluding steroid dienone is 4. The second-order valence-corrected chi connectivity index (χ2v) is 18.2. The number of anilines is 3. The van der Waals surface area contributed by atoms with Gasteiger partial charge in [-0.3, -0.25) is 0 Å². The molecule has 68 heavy (non-hydrogen) atoms. The van der Waals surface area contributed by atoms with Crippen LogP contribution in [0, 0.1) is 11.8 Å². The zero-order valence-electron chi connectivity index (χ0n) is 37.6. The largest absolute Gasteiger partial charge is 0.310 e. The van der Waals surface area contributed by atoms with E-state index in [1.807, 2.05) is 0 Å². The van der Waals surface area contributed by atoms with Crippen molar-refractivity contribution < 1.29 is 0 Å². The van der Waals surface area contributed by atoms with Crippen LogP contribution in [0.15, 0.2) is 273 Å². The lowest BCUT2D eigenvalue weighted by Gasteiger charge is -2.35. The van der Waals surface area contributed by atoms with E-state index in [9.17, 15) is 0 Å². The molecule has 1 heteroatoms. The van der Waals surface area contributed by atoms with Crippen molar-refractivity contribution in [1.29, 1.82) is 0 Å². The average molecular weight is 866 g/mol. The maximum Gasteiger partial charge on any atom is 0.0714 e. The molecule has 3 aliphatic rings. The first-order valence-corrected chi connectivity index (χ1v) is 23.8. The van der Waals surface area contributed by atoms with Gasteiger partial charge in [-0.05, 0) is 113 Å². The highest BCUT2D eigenvalue weighted by atomic mass is 15.1. The van der Waals surface area contributed by atoms with Crippen molar-refractivity contribution in [2.45, 2.75) is 5.41 Å². The molecule has 0 aromatic heterocycles. The van der Waals surface area contributed by atoms with Gasteiger partial charge in [-0.15, -0.1) is 0 Å². The van der Waals surface area contributed by atoms with E-state index in [-0.39, 0.29) is 11.8 Å². The summed E-state index contributed by atoms with van der Waals surface area (Å²) in [6.45, 7) is 0. The minimum atomic E-state index is -0.537. The Bertz CT molecular complexity index is 3680. The maximum atomic E-state index is 2.51. The molecular formula is C67H47N. The van der Waals surface area contributed by atoms with Gasteiger partial charge in [-0.1, -0.05) is 243 Å². The van der Waals surface area contributed by atoms with Crippen LogP contribution >= 0.6 is 0 Å². The van der Waals surface area contributed by atoms with Gasteiger partial charge in [-0.25, -0.2) is 0 Å². The molecule has 0 aliphatic heterocycles. The Labute approximate surface area is 398 Å². The van der Waals surface area contributed by atoms with E-state index in [0.29, 0.717) is 0 Å². The van der Waals surface area contributed by atoms with Crippen molar-refractivity contribution in [3.05, 3.63) is 317 Å². The second-order valence-electron chi connectivity index (χ2n) is 18.2. The highest BCUT2D eigenvalue weighted by Gasteiger charge is 2.46. The Morgan fingerprint density at radius 2 is 0.853 bits per heavy atom. The molecule has 0 fully saturated rings. The third-order valence-electron chi connectivity index (χ3n) is 14.7. The lowest BCUT2D eigenvalue weighted by atomic mass is 9.67. The fraction of sp³-hybridized carbons (Fsp3) is 0.0448. The number of nitrogens with zero attached hydrogens (tertiary/aromatic N) is 1. The van der Waals surface area contributed by atoms with E-state index in [2.05, 4.69) is 278 Å². The van der Waals surface area contributed by atoms with E-state index in [4.69, 9.17) is 0 Å². The SMILES string of the molecule is C1=CC2C(c3ccccc3)=c3ccccc3=C(c3ccc(N(c4ccc5c(c4)C(c4ccccc4)(c4ccccc4)c4ccccc4-5)c4ccc5ccccc5c4-c4ccccc4)cc3)C2C=C1. The van der Waals surface area contributed by atoms with Crippen LogP contribution in [0.4, 0.5) is 17.1 Å². The van der Waals surface area contributed by atoms with Gasteiger partial charge in [-0.2, -0.15) is 0 Å². The number of fused-ring (bicyclic) bond motifs is 6. The molecule has 320 valence electrons. The van der Waals surface area contributed by atoms with Gasteiger partial charge in [0.15, 0.2) is 0 Å². The van der Waals surface area contributed by atoms with Crippen LogP contribution in [0.1, 0.15) is 33.4 Å². The van der Waals surface area contributed by atoms with E-state index in [1.54, 1.807) is 0 Å². The molecule has 13 rings (SSSR count). The molecule has 0 bridgehead atoms. The number of hydrogen-bond acceptors (Lipinski definition) is 1. The van der Waals surface area contributed by atoms with Crippen LogP contribution in [0.25, 0.3) is 44.2 Å². The monoisotopic (exact) mass is 865 g/mol. The summed E-state index contributed by atoms with van der Waals surface area (Å²) in [5.41, 5.74) is 18.1. The summed E-state index contributed by atoms with van der Waals surface area (Å²) in [6, 6.07) is 92.3. The molecule has 10 aromatic rings. The number of hydrogen-bond donors (Lipinski definition) is 0. The highest BCUT2D eigenvalue weighted by Crippen LogP contribution is 2.57. The summed E-state index contributed by atoms with van der Waals surface area (Å²) in [5, 5.41) is 5.04. The van der Waals surface area contributed by atoms with E-state index in [1.165, 1.54) is 88.0 Å². The van der Waals surface area contributed by atoms with Gasteiger partial charge in [0, 0.05) is 28.8 Å². The van der Waals surface area contributed by atoms with Crippen molar-refractivity contribution in [1.82, 2.24) is 0 Å². The minimum Gasteiger partial charge on any atom is -0.310 e. The smallest absolute Gasteiger partial charge is 0.0714 e. The normalized spacial score (nSPS) is 16.2. The highest BCUT2D eigenvalue weighted by molar-refractivity contribution is 6.05. The molecule has 0 N–H and O–H groups in total. The molecule has 2 unspecified atom stereocenters. The Morgan fingerprint density at radius 3 is 1.50 bits per heavy atom. The number of rotatable bonds is 8. The van der Waals surface area contributed by atoms with Crippen LogP contribution in [-0.4, -0.2) is 0 Å². The Morgan fingerprint density at radius 1 is 0.353 bits per heavy atom. The van der Waals surface area contributed by atoms with Crippen LogP contribution in [0.2, 0.25) is 0 Å². The zero-order valence-corrected chi connectivity index (χ0v) is 37.6. The summed E-state index contributed by atoms with van der Waals surface area (Å²) >= 11 is 0. The fourth-order valence-electron chi connectivity index (χ4n) is 11.9. The quantitative estimate of drug-likeness (QED) is 0.147. The van der Waals surface area contributed by atoms with Crippen molar-refractivity contribution in [2.24, 2.45) is 11.8 Å². The van der Waals surface area contributed by atoms with Gasteiger partial charge < -0.3 is 4.90 Å². The first-order chi connectivity index (χ1) is 33.8. The van der Waals surface area contributed by atoms with Crippen LogP contribution in [-0.2, 0) is 5.41 Å². The first kappa shape index (κ1) is 39.8. The zero-order chi connectivity index (χ0) is 45.0.